The number of methoxy groups -OCH3 is 1. The molecule has 70 valence electrons. The van der Waals surface area contributed by atoms with Gasteiger partial charge in [0.05, 0.1) is 12.6 Å². The highest BCUT2D eigenvalue weighted by atomic mass is 35.5. The molecule has 1 atom stereocenters. The van der Waals surface area contributed by atoms with Crippen molar-refractivity contribution in [1.29, 1.82) is 0 Å². The van der Waals surface area contributed by atoms with Crippen molar-refractivity contribution in [3.63, 3.8) is 0 Å². The lowest BCUT2D eigenvalue weighted by molar-refractivity contribution is 0.136. The van der Waals surface area contributed by atoms with Gasteiger partial charge in [0.15, 0.2) is 0 Å². The highest BCUT2D eigenvalue weighted by Gasteiger charge is 2.24. The summed E-state index contributed by atoms with van der Waals surface area (Å²) in [6.07, 6.45) is 2.30. The molecule has 0 N–H and O–H groups in total. The van der Waals surface area contributed by atoms with Crippen LogP contribution in [0.2, 0.25) is 0 Å². The lowest BCUT2D eigenvalue weighted by Crippen LogP contribution is -2.30. The van der Waals surface area contributed by atoms with Gasteiger partial charge in [0.2, 0.25) is 0 Å². The number of likely N-dealkylation sites (tertiary alicyclic amines) is 1. The van der Waals surface area contributed by atoms with Gasteiger partial charge in [0, 0.05) is 19.2 Å². The molecule has 1 rings (SSSR count). The molecule has 1 aliphatic rings. The number of hydrogen-bond acceptors (Lipinski definition) is 2. The van der Waals surface area contributed by atoms with E-state index in [1.54, 1.807) is 7.11 Å². The molecule has 0 bridgehead atoms. The van der Waals surface area contributed by atoms with E-state index in [-0.39, 0.29) is 0 Å². The minimum absolute atomic E-state index is 0.400. The quantitative estimate of drug-likeness (QED) is 0.663. The fourth-order valence-corrected chi connectivity index (χ4v) is 1.89. The van der Waals surface area contributed by atoms with E-state index in [0.717, 1.165) is 26.0 Å². The summed E-state index contributed by atoms with van der Waals surface area (Å²) in [7, 11) is 1.70. The molecule has 1 aliphatic heterocycles. The summed E-state index contributed by atoms with van der Waals surface area (Å²) in [5.74, 6) is 0. The third-order valence-electron chi connectivity index (χ3n) is 2.10. The maximum atomic E-state index is 5.90. The first-order valence-corrected chi connectivity index (χ1v) is 4.82. The first kappa shape index (κ1) is 10.2. The molecule has 0 spiro atoms. The molecule has 1 fully saturated rings. The van der Waals surface area contributed by atoms with Crippen LogP contribution in [0.4, 0.5) is 0 Å². The zero-order valence-corrected chi connectivity index (χ0v) is 8.61. The summed E-state index contributed by atoms with van der Waals surface area (Å²) in [6, 6.07) is 0.400. The number of nitrogens with zero attached hydrogens (tertiary/aromatic N) is 1. The van der Waals surface area contributed by atoms with Gasteiger partial charge in [-0.2, -0.15) is 0 Å². The fraction of sp³-hybridized carbons (Fsp3) is 0.750. The van der Waals surface area contributed by atoms with Crippen LogP contribution >= 0.6 is 23.2 Å². The molecule has 0 aromatic rings. The molecule has 0 aliphatic carbocycles. The average molecular weight is 210 g/mol. The largest absolute Gasteiger partial charge is 0.383 e. The Hall–Kier alpha value is 0.0800. The Morgan fingerprint density at radius 1 is 1.75 bits per heavy atom. The Balaban J connectivity index is 2.51. The Morgan fingerprint density at radius 2 is 2.50 bits per heavy atom. The first-order valence-electron chi connectivity index (χ1n) is 4.01. The average Bonchev–Trinajstić information content (AvgIpc) is 2.52. The van der Waals surface area contributed by atoms with Crippen molar-refractivity contribution < 1.29 is 4.74 Å². The molecule has 1 saturated heterocycles. The fourth-order valence-electron chi connectivity index (χ4n) is 1.55. The Bertz CT molecular complexity index is 172. The third-order valence-corrected chi connectivity index (χ3v) is 2.75. The number of halogens is 2. The lowest BCUT2D eigenvalue weighted by Gasteiger charge is -2.24. The van der Waals surface area contributed by atoms with Crippen LogP contribution in [-0.4, -0.2) is 31.2 Å². The number of hydrogen-bond donors (Lipinski definition) is 0. The van der Waals surface area contributed by atoms with Gasteiger partial charge in [0.1, 0.15) is 5.16 Å². The van der Waals surface area contributed by atoms with E-state index < -0.39 is 0 Å². The number of ether oxygens (including phenoxy) is 1. The van der Waals surface area contributed by atoms with Crippen molar-refractivity contribution in [3.05, 3.63) is 10.7 Å². The second-order valence-corrected chi connectivity index (χ2v) is 3.48. The molecule has 0 radical (unpaired) electrons. The molecule has 0 saturated carbocycles. The maximum absolute atomic E-state index is 5.90. The van der Waals surface area contributed by atoms with Crippen LogP contribution in [0.25, 0.3) is 0 Å². The minimum atomic E-state index is 0.400. The van der Waals surface area contributed by atoms with Gasteiger partial charge in [-0.15, -0.1) is 0 Å². The van der Waals surface area contributed by atoms with Crippen LogP contribution in [0.3, 0.4) is 0 Å². The van der Waals surface area contributed by atoms with Gasteiger partial charge in [-0.3, -0.25) is 0 Å². The highest BCUT2D eigenvalue weighted by Crippen LogP contribution is 2.24. The molecule has 1 heterocycles. The molecular formula is C8H13Cl2NO. The van der Waals surface area contributed by atoms with Crippen molar-refractivity contribution in [2.24, 2.45) is 0 Å². The predicted molar refractivity (Wildman–Crippen MR) is 51.4 cm³/mol. The molecule has 0 amide bonds. The van der Waals surface area contributed by atoms with E-state index in [2.05, 4.69) is 4.90 Å². The summed E-state index contributed by atoms with van der Waals surface area (Å²) < 4.78 is 5.08. The smallest absolute Gasteiger partial charge is 0.116 e. The first-order chi connectivity index (χ1) is 5.79. The van der Waals surface area contributed by atoms with Gasteiger partial charge >= 0.3 is 0 Å². The second kappa shape index (κ2) is 4.95. The molecule has 0 aromatic carbocycles. The lowest BCUT2D eigenvalue weighted by atomic mass is 10.2. The van der Waals surface area contributed by atoms with Crippen LogP contribution in [0.15, 0.2) is 10.7 Å². The normalized spacial score (nSPS) is 25.1. The zero-order chi connectivity index (χ0) is 8.97. The number of rotatable bonds is 3. The van der Waals surface area contributed by atoms with Gasteiger partial charge < -0.3 is 9.64 Å². The molecular weight excluding hydrogens is 197 g/mol. The third kappa shape index (κ3) is 2.28. The molecule has 12 heavy (non-hydrogen) atoms. The Kier molecular flexibility index (Phi) is 4.19. The van der Waals surface area contributed by atoms with E-state index in [1.165, 1.54) is 5.54 Å². The highest BCUT2D eigenvalue weighted by molar-refractivity contribution is 6.36. The van der Waals surface area contributed by atoms with E-state index in [0.29, 0.717) is 11.2 Å². The molecule has 0 aromatic heterocycles. The summed E-state index contributed by atoms with van der Waals surface area (Å²) >= 11 is 11.4. The topological polar surface area (TPSA) is 12.5 Å². The van der Waals surface area contributed by atoms with Crippen molar-refractivity contribution in [3.8, 4) is 0 Å². The van der Waals surface area contributed by atoms with Gasteiger partial charge in [-0.25, -0.2) is 0 Å². The van der Waals surface area contributed by atoms with E-state index in [1.807, 2.05) is 0 Å². The van der Waals surface area contributed by atoms with Crippen molar-refractivity contribution in [1.82, 2.24) is 4.90 Å². The van der Waals surface area contributed by atoms with Crippen molar-refractivity contribution in [2.45, 2.75) is 18.9 Å². The van der Waals surface area contributed by atoms with E-state index in [4.69, 9.17) is 27.9 Å². The Morgan fingerprint density at radius 3 is 3.08 bits per heavy atom. The SMILES string of the molecule is COC[C@@H]1CCCN1/C(Cl)=C\Cl. The summed E-state index contributed by atoms with van der Waals surface area (Å²) in [4.78, 5) is 2.08. The van der Waals surface area contributed by atoms with Gasteiger partial charge in [0.25, 0.3) is 0 Å². The van der Waals surface area contributed by atoms with Crippen molar-refractivity contribution in [2.75, 3.05) is 20.3 Å². The predicted octanol–water partition coefficient (Wildman–Crippen LogP) is 2.37. The summed E-state index contributed by atoms with van der Waals surface area (Å²) in [6.45, 7) is 1.71. The van der Waals surface area contributed by atoms with E-state index in [9.17, 15) is 0 Å². The Labute approximate surface area is 83.1 Å². The van der Waals surface area contributed by atoms with Crippen LogP contribution in [0, 0.1) is 0 Å². The zero-order valence-electron chi connectivity index (χ0n) is 7.09. The van der Waals surface area contributed by atoms with Crippen LogP contribution < -0.4 is 0 Å². The van der Waals surface area contributed by atoms with E-state index >= 15 is 0 Å². The van der Waals surface area contributed by atoms with Gasteiger partial charge in [-0.05, 0) is 12.8 Å². The second-order valence-electron chi connectivity index (χ2n) is 2.88. The minimum Gasteiger partial charge on any atom is -0.383 e. The molecule has 4 heteroatoms. The van der Waals surface area contributed by atoms with Crippen LogP contribution in [0.1, 0.15) is 12.8 Å². The standard InChI is InChI=1S/C8H13Cl2NO/c1-12-6-7-3-2-4-11(7)8(10)5-9/h5,7H,2-4,6H2,1H3/b8-5-/t7-/m0/s1. The molecule has 0 unspecified atom stereocenters. The summed E-state index contributed by atoms with van der Waals surface area (Å²) in [5, 5.41) is 0.621. The van der Waals surface area contributed by atoms with Gasteiger partial charge in [-0.1, -0.05) is 23.2 Å². The molecule has 2 nitrogen and oxygen atoms in total. The van der Waals surface area contributed by atoms with Crippen molar-refractivity contribution >= 4 is 23.2 Å². The maximum Gasteiger partial charge on any atom is 0.116 e. The van der Waals surface area contributed by atoms with Crippen LogP contribution in [-0.2, 0) is 4.74 Å². The van der Waals surface area contributed by atoms with Crippen LogP contribution in [0.5, 0.6) is 0 Å². The monoisotopic (exact) mass is 209 g/mol. The summed E-state index contributed by atoms with van der Waals surface area (Å²) in [5.41, 5.74) is 1.41.